The van der Waals surface area contributed by atoms with E-state index in [9.17, 15) is 8.42 Å². The van der Waals surface area contributed by atoms with Gasteiger partial charge in [-0.1, -0.05) is 25.7 Å². The van der Waals surface area contributed by atoms with Gasteiger partial charge in [0.1, 0.15) is 0 Å². The van der Waals surface area contributed by atoms with E-state index in [1.807, 2.05) is 0 Å². The second kappa shape index (κ2) is 4.06. The summed E-state index contributed by atoms with van der Waals surface area (Å²) in [6.07, 6.45) is 10.1. The van der Waals surface area contributed by atoms with Crippen molar-refractivity contribution >= 4 is 10.0 Å². The zero-order chi connectivity index (χ0) is 10.9. The first-order valence-corrected chi connectivity index (χ1v) is 7.82. The van der Waals surface area contributed by atoms with E-state index < -0.39 is 10.0 Å². The molecule has 0 amide bonds. The third-order valence-electron chi connectivity index (χ3n) is 4.04. The largest absolute Gasteiger partial charge is 0.213 e. The van der Waals surface area contributed by atoms with E-state index in [-0.39, 0.29) is 0 Å². The van der Waals surface area contributed by atoms with E-state index in [2.05, 4.69) is 0 Å². The van der Waals surface area contributed by atoms with Crippen LogP contribution in [0, 0.1) is 5.41 Å². The predicted molar refractivity (Wildman–Crippen MR) is 61.2 cm³/mol. The van der Waals surface area contributed by atoms with Crippen molar-refractivity contribution in [1.82, 2.24) is 4.31 Å². The molecule has 15 heavy (non-hydrogen) atoms. The second-order valence-electron chi connectivity index (χ2n) is 5.26. The predicted octanol–water partition coefficient (Wildman–Crippen LogP) is 1.99. The van der Waals surface area contributed by atoms with Crippen molar-refractivity contribution in [3.8, 4) is 0 Å². The van der Waals surface area contributed by atoms with E-state index in [0.717, 1.165) is 19.5 Å². The summed E-state index contributed by atoms with van der Waals surface area (Å²) in [5.74, 6) is 0. The van der Waals surface area contributed by atoms with E-state index >= 15 is 0 Å². The molecule has 0 aromatic rings. The van der Waals surface area contributed by atoms with Gasteiger partial charge in [-0.05, 0) is 24.7 Å². The zero-order valence-corrected chi connectivity index (χ0v) is 10.4. The Hall–Kier alpha value is -0.0900. The lowest BCUT2D eigenvalue weighted by Crippen LogP contribution is -2.31. The topological polar surface area (TPSA) is 37.4 Å². The molecule has 1 aliphatic heterocycles. The Kier molecular flexibility index (Phi) is 3.08. The maximum Gasteiger partial charge on any atom is 0.211 e. The fraction of sp³-hybridized carbons (Fsp3) is 1.00. The van der Waals surface area contributed by atoms with Crippen LogP contribution in [0.4, 0.5) is 0 Å². The van der Waals surface area contributed by atoms with E-state index in [1.165, 1.54) is 44.8 Å². The monoisotopic (exact) mass is 231 g/mol. The molecule has 0 aromatic heterocycles. The first-order chi connectivity index (χ1) is 7.02. The molecule has 1 spiro atoms. The maximum atomic E-state index is 11.5. The van der Waals surface area contributed by atoms with Gasteiger partial charge < -0.3 is 0 Å². The van der Waals surface area contributed by atoms with E-state index in [4.69, 9.17) is 0 Å². The van der Waals surface area contributed by atoms with Gasteiger partial charge in [0.2, 0.25) is 10.0 Å². The average molecular weight is 231 g/mol. The molecule has 1 saturated heterocycles. The molecule has 4 heteroatoms. The van der Waals surface area contributed by atoms with E-state index in [1.54, 1.807) is 4.31 Å². The molecule has 0 atom stereocenters. The minimum Gasteiger partial charge on any atom is -0.213 e. The fourth-order valence-electron chi connectivity index (χ4n) is 3.06. The SMILES string of the molecule is CS(=O)(=O)N1CCC2(CCCCCC2)C1. The number of hydrogen-bond acceptors (Lipinski definition) is 2. The van der Waals surface area contributed by atoms with Gasteiger partial charge >= 0.3 is 0 Å². The number of hydrogen-bond donors (Lipinski definition) is 0. The lowest BCUT2D eigenvalue weighted by Gasteiger charge is -2.27. The van der Waals surface area contributed by atoms with Gasteiger partial charge in [0.25, 0.3) is 0 Å². The number of nitrogens with zero attached hydrogens (tertiary/aromatic N) is 1. The van der Waals surface area contributed by atoms with Crippen LogP contribution in [0.2, 0.25) is 0 Å². The van der Waals surface area contributed by atoms with Crippen molar-refractivity contribution in [2.45, 2.75) is 44.9 Å². The van der Waals surface area contributed by atoms with Gasteiger partial charge in [0.15, 0.2) is 0 Å². The van der Waals surface area contributed by atoms with Crippen LogP contribution >= 0.6 is 0 Å². The first-order valence-electron chi connectivity index (χ1n) is 5.97. The Morgan fingerprint density at radius 2 is 1.60 bits per heavy atom. The molecule has 0 radical (unpaired) electrons. The molecule has 1 heterocycles. The Balaban J connectivity index is 2.06. The molecule has 2 aliphatic rings. The third kappa shape index (κ3) is 2.53. The number of sulfonamides is 1. The highest BCUT2D eigenvalue weighted by molar-refractivity contribution is 7.88. The highest BCUT2D eigenvalue weighted by atomic mass is 32.2. The Bertz CT molecular complexity index is 315. The van der Waals surface area contributed by atoms with Gasteiger partial charge in [0.05, 0.1) is 6.26 Å². The van der Waals surface area contributed by atoms with Crippen LogP contribution in [0.3, 0.4) is 0 Å². The molecular formula is C11H21NO2S. The number of rotatable bonds is 1. The summed E-state index contributed by atoms with van der Waals surface area (Å²) in [4.78, 5) is 0. The highest BCUT2D eigenvalue weighted by Crippen LogP contribution is 2.43. The molecule has 88 valence electrons. The highest BCUT2D eigenvalue weighted by Gasteiger charge is 2.40. The van der Waals surface area contributed by atoms with Gasteiger partial charge in [-0.3, -0.25) is 0 Å². The zero-order valence-electron chi connectivity index (χ0n) is 9.54. The van der Waals surface area contributed by atoms with Gasteiger partial charge in [-0.2, -0.15) is 0 Å². The molecule has 0 N–H and O–H groups in total. The Labute approximate surface area is 92.9 Å². The molecule has 1 saturated carbocycles. The minimum atomic E-state index is -2.96. The van der Waals surface area contributed by atoms with Crippen LogP contribution in [0.1, 0.15) is 44.9 Å². The minimum absolute atomic E-state index is 0.333. The summed E-state index contributed by atoms with van der Waals surface area (Å²) in [6.45, 7) is 1.53. The maximum absolute atomic E-state index is 11.5. The van der Waals surface area contributed by atoms with Crippen molar-refractivity contribution in [3.63, 3.8) is 0 Å². The van der Waals surface area contributed by atoms with Gasteiger partial charge in [-0.25, -0.2) is 12.7 Å². The molecule has 1 aliphatic carbocycles. The van der Waals surface area contributed by atoms with Crippen molar-refractivity contribution in [2.75, 3.05) is 19.3 Å². The molecule has 2 fully saturated rings. The molecule has 0 aromatic carbocycles. The molecule has 3 nitrogen and oxygen atoms in total. The summed E-state index contributed by atoms with van der Waals surface area (Å²) in [5, 5.41) is 0. The smallest absolute Gasteiger partial charge is 0.211 e. The standard InChI is InChI=1S/C11H21NO2S/c1-15(13,14)12-9-8-11(10-12)6-4-2-3-5-7-11/h2-10H2,1H3. The normalized spacial score (nSPS) is 28.1. The third-order valence-corrected chi connectivity index (χ3v) is 5.29. The molecule has 0 unspecified atom stereocenters. The van der Waals surface area contributed by atoms with Crippen molar-refractivity contribution < 1.29 is 8.42 Å². The first kappa shape index (κ1) is 11.4. The van der Waals surface area contributed by atoms with Gasteiger partial charge in [0, 0.05) is 13.1 Å². The van der Waals surface area contributed by atoms with Crippen LogP contribution in [0.25, 0.3) is 0 Å². The van der Waals surface area contributed by atoms with Crippen molar-refractivity contribution in [2.24, 2.45) is 5.41 Å². The van der Waals surface area contributed by atoms with Crippen LogP contribution in [0.5, 0.6) is 0 Å². The van der Waals surface area contributed by atoms with Crippen molar-refractivity contribution in [1.29, 1.82) is 0 Å². The van der Waals surface area contributed by atoms with Crippen LogP contribution in [-0.2, 0) is 10.0 Å². The Morgan fingerprint density at radius 3 is 2.07 bits per heavy atom. The lowest BCUT2D eigenvalue weighted by molar-refractivity contribution is 0.261. The van der Waals surface area contributed by atoms with Crippen molar-refractivity contribution in [3.05, 3.63) is 0 Å². The Morgan fingerprint density at radius 1 is 1.00 bits per heavy atom. The quantitative estimate of drug-likeness (QED) is 0.692. The summed E-state index contributed by atoms with van der Waals surface area (Å²) in [6, 6.07) is 0. The summed E-state index contributed by atoms with van der Waals surface area (Å²) < 4.78 is 24.6. The molecule has 2 rings (SSSR count). The van der Waals surface area contributed by atoms with E-state index in [0.29, 0.717) is 5.41 Å². The summed E-state index contributed by atoms with van der Waals surface area (Å²) >= 11 is 0. The lowest BCUT2D eigenvalue weighted by atomic mass is 9.80. The van der Waals surface area contributed by atoms with Crippen LogP contribution in [-0.4, -0.2) is 32.1 Å². The molecule has 0 bridgehead atoms. The van der Waals surface area contributed by atoms with Gasteiger partial charge in [-0.15, -0.1) is 0 Å². The fourth-order valence-corrected chi connectivity index (χ4v) is 4.00. The van der Waals surface area contributed by atoms with Crippen LogP contribution in [0.15, 0.2) is 0 Å². The van der Waals surface area contributed by atoms with Crippen LogP contribution < -0.4 is 0 Å². The summed E-state index contributed by atoms with van der Waals surface area (Å²) in [7, 11) is -2.96. The molecular weight excluding hydrogens is 210 g/mol. The average Bonchev–Trinajstić information content (AvgIpc) is 2.41. The summed E-state index contributed by atoms with van der Waals surface area (Å²) in [5.41, 5.74) is 0.333. The second-order valence-corrected chi connectivity index (χ2v) is 7.24.